The number of thiazole rings is 1. The summed E-state index contributed by atoms with van der Waals surface area (Å²) in [4.78, 5) is 47.9. The molecule has 2 aromatic carbocycles. The van der Waals surface area contributed by atoms with Gasteiger partial charge >= 0.3 is 6.03 Å². The third-order valence-corrected chi connectivity index (χ3v) is 11.5. The zero-order valence-electron chi connectivity index (χ0n) is 30.5. The number of methoxy groups -OCH3 is 1. The lowest BCUT2D eigenvalue weighted by Gasteiger charge is -2.34. The second-order valence-corrected chi connectivity index (χ2v) is 16.8. The summed E-state index contributed by atoms with van der Waals surface area (Å²) in [5, 5.41) is 17.0. The van der Waals surface area contributed by atoms with E-state index in [9.17, 15) is 27.9 Å². The molecule has 3 amide bonds. The molecule has 12 nitrogen and oxygen atoms in total. The second kappa shape index (κ2) is 17.6. The van der Waals surface area contributed by atoms with Crippen LogP contribution in [-0.4, -0.2) is 102 Å². The van der Waals surface area contributed by atoms with E-state index >= 15 is 0 Å². The number of nitrogens with zero attached hydrogens (tertiary/aromatic N) is 4. The molecule has 0 radical (unpaired) electrons. The number of aromatic nitrogens is 1. The Balaban J connectivity index is 1.55. The fourth-order valence-electron chi connectivity index (χ4n) is 6.08. The Morgan fingerprint density at radius 1 is 1.00 bits per heavy atom. The first-order chi connectivity index (χ1) is 24.1. The van der Waals surface area contributed by atoms with Crippen LogP contribution in [0.1, 0.15) is 62.6 Å². The van der Waals surface area contributed by atoms with Gasteiger partial charge in [0, 0.05) is 37.5 Å². The number of hydrogen-bond donors (Lipinski definition) is 2. The summed E-state index contributed by atoms with van der Waals surface area (Å²) < 4.78 is 34.2. The van der Waals surface area contributed by atoms with Crippen LogP contribution in [0.2, 0.25) is 0 Å². The van der Waals surface area contributed by atoms with Gasteiger partial charge in [0.1, 0.15) is 11.8 Å². The zero-order valence-corrected chi connectivity index (χ0v) is 32.1. The van der Waals surface area contributed by atoms with Gasteiger partial charge in [0.05, 0.1) is 36.4 Å². The van der Waals surface area contributed by atoms with E-state index in [-0.39, 0.29) is 60.5 Å². The number of carbonyl (C=O) groups excluding carboxylic acids is 3. The van der Waals surface area contributed by atoms with Crippen molar-refractivity contribution in [1.29, 1.82) is 0 Å². The number of Topliss-reactive ketones (excluding diaryl/α,β-unsaturated/α-hetero) is 1. The van der Waals surface area contributed by atoms with Crippen LogP contribution in [-0.2, 0) is 27.8 Å². The molecular weight excluding hydrogens is 691 g/mol. The molecule has 14 heteroatoms. The van der Waals surface area contributed by atoms with Gasteiger partial charge in [0.15, 0.2) is 10.8 Å². The van der Waals surface area contributed by atoms with Gasteiger partial charge in [-0.1, -0.05) is 71.9 Å². The first-order valence-electron chi connectivity index (χ1n) is 17.3. The van der Waals surface area contributed by atoms with Crippen LogP contribution in [0.15, 0.2) is 64.9 Å². The largest absolute Gasteiger partial charge is 0.497 e. The standard InChI is InChI=1S/C37H51N5O7S2/c1-24(2)20-41(51(47,48)30-15-13-29(49-7)14-16-30)22-32(43)31(19-27-11-9-8-10-12-27)39-35(45)33(25(3)4)42-18-17-40(37(42)46)21-28-23-50-36(38-28)34(44)26(5)6/h8-16,23-26,31-33,43H,17-22H2,1-7H3,(H,39,45)/t31-,32-,33+/m1/s1. The monoisotopic (exact) mass is 741 g/mol. The maximum atomic E-state index is 14.1. The molecule has 0 spiro atoms. The van der Waals surface area contributed by atoms with E-state index in [4.69, 9.17) is 4.74 Å². The van der Waals surface area contributed by atoms with Crippen molar-refractivity contribution < 1.29 is 32.6 Å². The van der Waals surface area contributed by atoms with Crippen LogP contribution in [0, 0.1) is 17.8 Å². The van der Waals surface area contributed by atoms with Crippen LogP contribution in [0.3, 0.4) is 0 Å². The molecular formula is C37H51N5O7S2. The van der Waals surface area contributed by atoms with E-state index < -0.39 is 34.1 Å². The van der Waals surface area contributed by atoms with Crippen LogP contribution in [0.4, 0.5) is 4.79 Å². The molecule has 2 heterocycles. The van der Waals surface area contributed by atoms with E-state index in [2.05, 4.69) is 10.3 Å². The lowest BCUT2D eigenvalue weighted by Crippen LogP contribution is -2.57. The first-order valence-corrected chi connectivity index (χ1v) is 19.6. The Bertz CT molecular complexity index is 1730. The molecule has 2 N–H and O–H groups in total. The van der Waals surface area contributed by atoms with Crippen molar-refractivity contribution >= 4 is 39.1 Å². The number of rotatable bonds is 18. The normalized spacial score (nSPS) is 15.6. The molecule has 0 bridgehead atoms. The molecule has 51 heavy (non-hydrogen) atoms. The van der Waals surface area contributed by atoms with Crippen molar-refractivity contribution in [2.75, 3.05) is 33.3 Å². The van der Waals surface area contributed by atoms with Crippen LogP contribution in [0.5, 0.6) is 5.75 Å². The van der Waals surface area contributed by atoms with Crippen molar-refractivity contribution in [2.45, 2.75) is 77.6 Å². The topological polar surface area (TPSA) is 149 Å². The molecule has 1 aliphatic heterocycles. The number of benzene rings is 2. The van der Waals surface area contributed by atoms with Crippen molar-refractivity contribution in [1.82, 2.24) is 24.4 Å². The third kappa shape index (κ3) is 10.1. The van der Waals surface area contributed by atoms with Crippen LogP contribution >= 0.6 is 11.3 Å². The molecule has 0 unspecified atom stereocenters. The Kier molecular flexibility index (Phi) is 13.8. The Hall–Kier alpha value is -3.85. The number of hydrogen-bond acceptors (Lipinski definition) is 9. The highest BCUT2D eigenvalue weighted by Gasteiger charge is 2.41. The Morgan fingerprint density at radius 3 is 2.25 bits per heavy atom. The quantitative estimate of drug-likeness (QED) is 0.179. The average Bonchev–Trinajstić information content (AvgIpc) is 3.70. The van der Waals surface area contributed by atoms with E-state index in [1.54, 1.807) is 22.4 Å². The maximum absolute atomic E-state index is 14.1. The predicted molar refractivity (Wildman–Crippen MR) is 197 cm³/mol. The molecule has 1 aromatic heterocycles. The number of ether oxygens (including phenoxy) is 1. The number of carbonyl (C=O) groups is 3. The summed E-state index contributed by atoms with van der Waals surface area (Å²) in [7, 11) is -2.52. The lowest BCUT2D eigenvalue weighted by atomic mass is 9.97. The lowest BCUT2D eigenvalue weighted by molar-refractivity contribution is -0.128. The summed E-state index contributed by atoms with van der Waals surface area (Å²) in [6.45, 7) is 11.9. The minimum absolute atomic E-state index is 0.0462. The van der Waals surface area contributed by atoms with Gasteiger partial charge in [-0.2, -0.15) is 4.31 Å². The number of aliphatic hydroxyl groups excluding tert-OH is 1. The summed E-state index contributed by atoms with van der Waals surface area (Å²) in [5.41, 5.74) is 1.46. The van der Waals surface area contributed by atoms with Gasteiger partial charge in [-0.3, -0.25) is 9.59 Å². The fourth-order valence-corrected chi connectivity index (χ4v) is 8.59. The average molecular weight is 742 g/mol. The molecule has 1 fully saturated rings. The molecule has 0 saturated carbocycles. The van der Waals surface area contributed by atoms with Gasteiger partial charge in [-0.05, 0) is 48.1 Å². The minimum Gasteiger partial charge on any atom is -0.497 e. The van der Waals surface area contributed by atoms with Crippen molar-refractivity contribution in [3.8, 4) is 5.75 Å². The summed E-state index contributed by atoms with van der Waals surface area (Å²) >= 11 is 1.26. The summed E-state index contributed by atoms with van der Waals surface area (Å²) in [6.07, 6.45) is -1.05. The van der Waals surface area contributed by atoms with Gasteiger partial charge in [0.25, 0.3) is 0 Å². The van der Waals surface area contributed by atoms with Gasteiger partial charge in [0.2, 0.25) is 15.9 Å². The smallest absolute Gasteiger partial charge is 0.321 e. The molecule has 1 aliphatic rings. The molecule has 278 valence electrons. The zero-order chi connectivity index (χ0) is 37.5. The number of urea groups is 1. The highest BCUT2D eigenvalue weighted by atomic mass is 32.2. The maximum Gasteiger partial charge on any atom is 0.321 e. The van der Waals surface area contributed by atoms with Crippen molar-refractivity contribution in [2.24, 2.45) is 17.8 Å². The molecule has 3 aromatic rings. The number of sulfonamides is 1. The number of ketones is 1. The molecule has 1 saturated heterocycles. The minimum atomic E-state index is -4.02. The van der Waals surface area contributed by atoms with Gasteiger partial charge in [-0.15, -0.1) is 11.3 Å². The predicted octanol–water partition coefficient (Wildman–Crippen LogP) is 4.69. The molecule has 0 aliphatic carbocycles. The molecule has 3 atom stereocenters. The SMILES string of the molecule is COc1ccc(S(=O)(=O)N(CC(C)C)C[C@@H](O)[C@@H](Cc2ccccc2)NC(=O)[C@H](C(C)C)N2CCN(Cc3csc(C(=O)C(C)C)n3)C2=O)cc1. The first kappa shape index (κ1) is 39.9. The third-order valence-electron chi connectivity index (χ3n) is 8.75. The van der Waals surface area contributed by atoms with Crippen molar-refractivity contribution in [3.63, 3.8) is 0 Å². The summed E-state index contributed by atoms with van der Waals surface area (Å²) in [6, 6.07) is 13.4. The highest BCUT2D eigenvalue weighted by Crippen LogP contribution is 2.24. The Morgan fingerprint density at radius 2 is 1.67 bits per heavy atom. The number of nitrogens with one attached hydrogen (secondary N) is 1. The van der Waals surface area contributed by atoms with Crippen molar-refractivity contribution in [3.05, 3.63) is 76.2 Å². The summed E-state index contributed by atoms with van der Waals surface area (Å²) in [5.74, 6) is -0.468. The van der Waals surface area contributed by atoms with Crippen LogP contribution in [0.25, 0.3) is 0 Å². The fraction of sp³-hybridized carbons (Fsp3) is 0.514. The second-order valence-electron chi connectivity index (χ2n) is 14.0. The van der Waals surface area contributed by atoms with E-state index in [1.807, 2.05) is 71.9 Å². The number of amides is 3. The highest BCUT2D eigenvalue weighted by molar-refractivity contribution is 7.89. The van der Waals surface area contributed by atoms with Crippen LogP contribution < -0.4 is 10.1 Å². The van der Waals surface area contributed by atoms with E-state index in [0.717, 1.165) is 5.56 Å². The molecule has 4 rings (SSSR count). The van der Waals surface area contributed by atoms with Gasteiger partial charge < -0.3 is 25.0 Å². The van der Waals surface area contributed by atoms with E-state index in [0.29, 0.717) is 29.5 Å². The van der Waals surface area contributed by atoms with Gasteiger partial charge in [-0.25, -0.2) is 18.2 Å². The Labute approximate surface area is 305 Å². The van der Waals surface area contributed by atoms with E-state index in [1.165, 1.54) is 39.8 Å². The number of aliphatic hydroxyl groups is 1.